The van der Waals surface area contributed by atoms with Crippen LogP contribution in [-0.4, -0.2) is 78.9 Å². The number of rotatable bonds is 8. The topological polar surface area (TPSA) is 55.9 Å². The number of amides is 2. The third kappa shape index (κ3) is 6.43. The molecule has 7 heteroatoms. The fourth-order valence-electron chi connectivity index (χ4n) is 4.58. The minimum atomic E-state index is 0.0420. The van der Waals surface area contributed by atoms with E-state index in [4.69, 9.17) is 11.6 Å². The second-order valence-electron chi connectivity index (χ2n) is 9.18. The van der Waals surface area contributed by atoms with Gasteiger partial charge in [-0.3, -0.25) is 19.4 Å². The van der Waals surface area contributed by atoms with E-state index in [0.29, 0.717) is 13.1 Å². The van der Waals surface area contributed by atoms with Crippen LogP contribution in [0.2, 0.25) is 5.02 Å². The van der Waals surface area contributed by atoms with Crippen LogP contribution in [0.5, 0.6) is 0 Å². The number of nitrogens with one attached hydrogen (secondary N) is 1. The van der Waals surface area contributed by atoms with Crippen LogP contribution < -0.4 is 5.32 Å². The van der Waals surface area contributed by atoms with E-state index in [-0.39, 0.29) is 29.8 Å². The molecule has 0 saturated carbocycles. The predicted octanol–water partition coefficient (Wildman–Crippen LogP) is 3.17. The summed E-state index contributed by atoms with van der Waals surface area (Å²) in [5.41, 5.74) is 1.08. The Hall–Kier alpha value is -1.63. The van der Waals surface area contributed by atoms with E-state index in [1.807, 2.05) is 44.0 Å². The molecule has 1 aromatic carbocycles. The van der Waals surface area contributed by atoms with Gasteiger partial charge in [-0.1, -0.05) is 29.8 Å². The predicted molar refractivity (Wildman–Crippen MR) is 125 cm³/mol. The molecule has 2 heterocycles. The molecule has 1 atom stereocenters. The van der Waals surface area contributed by atoms with E-state index in [1.165, 1.54) is 12.8 Å². The number of carbonyl (C=O) groups excluding carboxylic acids is 2. The molecular formula is C24H37ClN4O2. The molecule has 0 spiro atoms. The van der Waals surface area contributed by atoms with Crippen LogP contribution in [0, 0.1) is 5.92 Å². The molecule has 2 aliphatic heterocycles. The SMILES string of the molecule is CC(C)N(C)C(=O)C1CCN(CC(=O)NCC(c2ccccc2Cl)N2CCCC2)CC1. The first kappa shape index (κ1) is 24.0. The minimum Gasteiger partial charge on any atom is -0.353 e. The summed E-state index contributed by atoms with van der Waals surface area (Å²) in [4.78, 5) is 31.6. The van der Waals surface area contributed by atoms with E-state index < -0.39 is 0 Å². The van der Waals surface area contributed by atoms with Gasteiger partial charge in [0, 0.05) is 30.6 Å². The van der Waals surface area contributed by atoms with Gasteiger partial charge in [-0.2, -0.15) is 0 Å². The Morgan fingerprint density at radius 3 is 2.39 bits per heavy atom. The lowest BCUT2D eigenvalue weighted by atomic mass is 9.95. The van der Waals surface area contributed by atoms with E-state index in [1.54, 1.807) is 0 Å². The maximum atomic E-state index is 12.7. The molecule has 6 nitrogen and oxygen atoms in total. The molecule has 3 rings (SSSR count). The van der Waals surface area contributed by atoms with Gasteiger partial charge in [0.05, 0.1) is 12.6 Å². The summed E-state index contributed by atoms with van der Waals surface area (Å²) in [5.74, 6) is 0.346. The first-order valence-electron chi connectivity index (χ1n) is 11.6. The fourth-order valence-corrected chi connectivity index (χ4v) is 4.85. The summed E-state index contributed by atoms with van der Waals surface area (Å²) < 4.78 is 0. The van der Waals surface area contributed by atoms with Gasteiger partial charge in [0.1, 0.15) is 0 Å². The molecule has 1 unspecified atom stereocenters. The summed E-state index contributed by atoms with van der Waals surface area (Å²) in [6, 6.07) is 8.26. The summed E-state index contributed by atoms with van der Waals surface area (Å²) >= 11 is 6.47. The van der Waals surface area contributed by atoms with Gasteiger partial charge in [-0.15, -0.1) is 0 Å². The summed E-state index contributed by atoms with van der Waals surface area (Å²) in [6.45, 7) is 8.68. The first-order chi connectivity index (χ1) is 14.9. The molecule has 2 saturated heterocycles. The lowest BCUT2D eigenvalue weighted by Gasteiger charge is -2.34. The number of carbonyl (C=O) groups is 2. The summed E-state index contributed by atoms with van der Waals surface area (Å²) in [6.07, 6.45) is 4.02. The van der Waals surface area contributed by atoms with Crippen LogP contribution >= 0.6 is 11.6 Å². The van der Waals surface area contributed by atoms with Crippen molar-refractivity contribution in [3.63, 3.8) is 0 Å². The van der Waals surface area contributed by atoms with Gasteiger partial charge in [0.15, 0.2) is 0 Å². The third-order valence-corrected chi connectivity index (χ3v) is 7.11. The van der Waals surface area contributed by atoms with E-state index in [2.05, 4.69) is 21.2 Å². The Labute approximate surface area is 191 Å². The molecule has 2 fully saturated rings. The van der Waals surface area contributed by atoms with Gasteiger partial charge < -0.3 is 10.2 Å². The monoisotopic (exact) mass is 448 g/mol. The van der Waals surface area contributed by atoms with E-state index in [9.17, 15) is 9.59 Å². The molecule has 1 aromatic rings. The maximum Gasteiger partial charge on any atom is 0.234 e. The first-order valence-corrected chi connectivity index (χ1v) is 12.0. The van der Waals surface area contributed by atoms with Crippen molar-refractivity contribution in [2.45, 2.75) is 51.6 Å². The molecule has 0 radical (unpaired) electrons. The van der Waals surface area contributed by atoms with Crippen molar-refractivity contribution in [2.24, 2.45) is 5.92 Å². The van der Waals surface area contributed by atoms with Gasteiger partial charge >= 0.3 is 0 Å². The number of halogens is 1. The summed E-state index contributed by atoms with van der Waals surface area (Å²) in [5, 5.41) is 3.90. The van der Waals surface area contributed by atoms with Crippen LogP contribution in [0.1, 0.15) is 51.1 Å². The van der Waals surface area contributed by atoms with Crippen molar-refractivity contribution >= 4 is 23.4 Å². The van der Waals surface area contributed by atoms with Crippen molar-refractivity contribution in [1.29, 1.82) is 0 Å². The largest absolute Gasteiger partial charge is 0.353 e. The highest BCUT2D eigenvalue weighted by Gasteiger charge is 2.29. The lowest BCUT2D eigenvalue weighted by molar-refractivity contribution is -0.137. The normalized spacial score (nSPS) is 19.5. The average Bonchev–Trinajstić information content (AvgIpc) is 3.29. The Bertz CT molecular complexity index is 743. The molecule has 172 valence electrons. The van der Waals surface area contributed by atoms with Crippen LogP contribution in [0.3, 0.4) is 0 Å². The maximum absolute atomic E-state index is 12.7. The molecule has 31 heavy (non-hydrogen) atoms. The van der Waals surface area contributed by atoms with Crippen molar-refractivity contribution in [1.82, 2.24) is 20.0 Å². The second kappa shape index (κ2) is 11.3. The fraction of sp³-hybridized carbons (Fsp3) is 0.667. The Balaban J connectivity index is 1.49. The zero-order valence-electron chi connectivity index (χ0n) is 19.1. The Morgan fingerprint density at radius 1 is 1.13 bits per heavy atom. The van der Waals surface area contributed by atoms with Crippen molar-refractivity contribution < 1.29 is 9.59 Å². The number of likely N-dealkylation sites (tertiary alicyclic amines) is 2. The average molecular weight is 449 g/mol. The van der Waals surface area contributed by atoms with E-state index in [0.717, 1.165) is 49.6 Å². The number of hydrogen-bond donors (Lipinski definition) is 1. The quantitative estimate of drug-likeness (QED) is 0.663. The number of nitrogens with zero attached hydrogens (tertiary/aromatic N) is 3. The third-order valence-electron chi connectivity index (χ3n) is 6.76. The smallest absolute Gasteiger partial charge is 0.234 e. The molecule has 2 amide bonds. The molecule has 0 bridgehead atoms. The van der Waals surface area contributed by atoms with Gasteiger partial charge in [0.25, 0.3) is 0 Å². The minimum absolute atomic E-state index is 0.0420. The second-order valence-corrected chi connectivity index (χ2v) is 9.58. The zero-order valence-corrected chi connectivity index (χ0v) is 19.9. The van der Waals surface area contributed by atoms with Crippen molar-refractivity contribution in [2.75, 3.05) is 46.3 Å². The molecule has 1 N–H and O–H groups in total. The van der Waals surface area contributed by atoms with Crippen LogP contribution in [-0.2, 0) is 9.59 Å². The van der Waals surface area contributed by atoms with Crippen molar-refractivity contribution in [3.05, 3.63) is 34.9 Å². The molecular weight excluding hydrogens is 412 g/mol. The number of piperidine rings is 1. The van der Waals surface area contributed by atoms with Crippen LogP contribution in [0.15, 0.2) is 24.3 Å². The van der Waals surface area contributed by atoms with Crippen LogP contribution in [0.4, 0.5) is 0 Å². The number of benzene rings is 1. The molecule has 2 aliphatic rings. The van der Waals surface area contributed by atoms with Crippen LogP contribution in [0.25, 0.3) is 0 Å². The molecule has 0 aromatic heterocycles. The highest BCUT2D eigenvalue weighted by atomic mass is 35.5. The number of hydrogen-bond acceptors (Lipinski definition) is 4. The Kier molecular flexibility index (Phi) is 8.76. The van der Waals surface area contributed by atoms with Crippen molar-refractivity contribution in [3.8, 4) is 0 Å². The van der Waals surface area contributed by atoms with Gasteiger partial charge in [-0.25, -0.2) is 0 Å². The standard InChI is InChI=1S/C24H37ClN4O2/c1-18(2)27(3)24(31)19-10-14-28(15-11-19)17-23(30)26-16-22(29-12-6-7-13-29)20-8-4-5-9-21(20)25/h4-5,8-9,18-19,22H,6-7,10-17H2,1-3H3,(H,26,30). The molecule has 0 aliphatic carbocycles. The zero-order chi connectivity index (χ0) is 22.4. The van der Waals surface area contributed by atoms with Gasteiger partial charge in [-0.05, 0) is 77.3 Å². The van der Waals surface area contributed by atoms with Gasteiger partial charge in [0.2, 0.25) is 11.8 Å². The highest BCUT2D eigenvalue weighted by molar-refractivity contribution is 6.31. The van der Waals surface area contributed by atoms with E-state index >= 15 is 0 Å². The lowest BCUT2D eigenvalue weighted by Crippen LogP contribution is -2.46. The highest BCUT2D eigenvalue weighted by Crippen LogP contribution is 2.29. The summed E-state index contributed by atoms with van der Waals surface area (Å²) in [7, 11) is 1.88. The Morgan fingerprint density at radius 2 is 1.77 bits per heavy atom.